The Morgan fingerprint density at radius 2 is 1.64 bits per heavy atom. The second-order valence-electron chi connectivity index (χ2n) is 5.41. The zero-order valence-electron chi connectivity index (χ0n) is 14.5. The first-order chi connectivity index (χ1) is 12.1. The molecule has 3 aromatic rings. The lowest BCUT2D eigenvalue weighted by atomic mass is 10.1. The summed E-state index contributed by atoms with van der Waals surface area (Å²) in [4.78, 5) is 13.9. The molecular weight excluding hydrogens is 322 g/mol. The minimum atomic E-state index is -0.428. The van der Waals surface area contributed by atoms with Crippen molar-refractivity contribution in [3.8, 4) is 17.2 Å². The maximum Gasteiger partial charge on any atom is 0.338 e. The van der Waals surface area contributed by atoms with E-state index in [9.17, 15) is 4.79 Å². The molecule has 6 nitrogen and oxygen atoms in total. The van der Waals surface area contributed by atoms with Crippen LogP contribution >= 0.6 is 0 Å². The second kappa shape index (κ2) is 6.76. The highest BCUT2D eigenvalue weighted by atomic mass is 16.5. The van der Waals surface area contributed by atoms with Crippen LogP contribution < -0.4 is 24.7 Å². The van der Waals surface area contributed by atoms with Gasteiger partial charge in [-0.25, -0.2) is 4.79 Å². The summed E-state index contributed by atoms with van der Waals surface area (Å²) in [7, 11) is 6.61. The molecule has 130 valence electrons. The fourth-order valence-corrected chi connectivity index (χ4v) is 2.70. The van der Waals surface area contributed by atoms with Gasteiger partial charge in [0, 0.05) is 36.3 Å². The van der Waals surface area contributed by atoms with Gasteiger partial charge in [0.2, 0.25) is 0 Å². The Hall–Kier alpha value is -3.15. The summed E-state index contributed by atoms with van der Waals surface area (Å²) in [5.41, 5.74) is 1.61. The third kappa shape index (κ3) is 3.10. The molecule has 0 saturated carbocycles. The topological polar surface area (TPSA) is 61.1 Å². The third-order valence-electron chi connectivity index (χ3n) is 4.05. The predicted molar refractivity (Wildman–Crippen MR) is 96.6 cm³/mol. The number of benzene rings is 2. The quantitative estimate of drug-likeness (QED) is 0.661. The molecule has 3 rings (SSSR count). The molecule has 1 heterocycles. The first-order valence-electron chi connectivity index (χ1n) is 7.65. The number of hydrogen-bond acceptors (Lipinski definition) is 6. The number of anilines is 2. The van der Waals surface area contributed by atoms with E-state index in [-0.39, 0.29) is 0 Å². The number of nitrogens with zero attached hydrogens (tertiary/aromatic N) is 1. The van der Waals surface area contributed by atoms with Crippen LogP contribution in [0.25, 0.3) is 11.0 Å². The van der Waals surface area contributed by atoms with Crippen LogP contribution in [0, 0.1) is 0 Å². The second-order valence-corrected chi connectivity index (χ2v) is 5.41. The molecular formula is C19H19NO5. The molecule has 1 aromatic heterocycles. The average molecular weight is 341 g/mol. The molecule has 0 unspecified atom stereocenters. The van der Waals surface area contributed by atoms with Crippen molar-refractivity contribution in [1.29, 1.82) is 0 Å². The maximum absolute atomic E-state index is 12.0. The molecule has 2 aromatic carbocycles. The Kier molecular flexibility index (Phi) is 4.52. The Labute approximate surface area is 145 Å². The molecule has 0 fully saturated rings. The van der Waals surface area contributed by atoms with Gasteiger partial charge in [0.05, 0.1) is 27.0 Å². The van der Waals surface area contributed by atoms with E-state index < -0.39 is 5.63 Å². The van der Waals surface area contributed by atoms with Gasteiger partial charge in [-0.3, -0.25) is 0 Å². The molecule has 0 radical (unpaired) electrons. The van der Waals surface area contributed by atoms with E-state index in [1.54, 1.807) is 27.4 Å². The van der Waals surface area contributed by atoms with Gasteiger partial charge in [0.1, 0.15) is 11.3 Å². The molecule has 0 N–H and O–H groups in total. The SMILES string of the molecule is COc1ccc2c(N(C)c3ccc(OC)c(OC)c3)cc(=O)oc2c1. The summed E-state index contributed by atoms with van der Waals surface area (Å²) in [6, 6.07) is 12.4. The number of fused-ring (bicyclic) bond motifs is 1. The summed E-state index contributed by atoms with van der Waals surface area (Å²) >= 11 is 0. The van der Waals surface area contributed by atoms with Crippen molar-refractivity contribution in [2.75, 3.05) is 33.3 Å². The van der Waals surface area contributed by atoms with Gasteiger partial charge in [-0.05, 0) is 24.3 Å². The van der Waals surface area contributed by atoms with Crippen molar-refractivity contribution in [3.63, 3.8) is 0 Å². The standard InChI is InChI=1S/C19H19NO5/c1-20(12-5-8-16(23-3)18(9-12)24-4)15-11-19(21)25-17-10-13(22-2)6-7-14(15)17/h5-11H,1-4H3. The van der Waals surface area contributed by atoms with Gasteiger partial charge in [0.25, 0.3) is 0 Å². The van der Waals surface area contributed by atoms with Crippen LogP contribution in [0.1, 0.15) is 0 Å². The lowest BCUT2D eigenvalue weighted by Crippen LogP contribution is -2.13. The van der Waals surface area contributed by atoms with Crippen LogP contribution in [-0.2, 0) is 0 Å². The van der Waals surface area contributed by atoms with Crippen LogP contribution in [-0.4, -0.2) is 28.4 Å². The van der Waals surface area contributed by atoms with E-state index in [2.05, 4.69) is 0 Å². The highest BCUT2D eigenvalue weighted by molar-refractivity contribution is 5.93. The Bertz CT molecular complexity index is 964. The Balaban J connectivity index is 2.14. The van der Waals surface area contributed by atoms with Gasteiger partial charge in [-0.15, -0.1) is 0 Å². The van der Waals surface area contributed by atoms with E-state index in [1.165, 1.54) is 6.07 Å². The number of methoxy groups -OCH3 is 3. The van der Waals surface area contributed by atoms with Crippen LogP contribution in [0.2, 0.25) is 0 Å². The van der Waals surface area contributed by atoms with Crippen LogP contribution in [0.3, 0.4) is 0 Å². The average Bonchev–Trinajstić information content (AvgIpc) is 2.65. The molecule has 25 heavy (non-hydrogen) atoms. The summed E-state index contributed by atoms with van der Waals surface area (Å²) in [6.07, 6.45) is 0. The molecule has 0 spiro atoms. The fourth-order valence-electron chi connectivity index (χ4n) is 2.70. The monoisotopic (exact) mass is 341 g/mol. The van der Waals surface area contributed by atoms with E-state index >= 15 is 0 Å². The van der Waals surface area contributed by atoms with Crippen molar-refractivity contribution in [3.05, 3.63) is 52.9 Å². The van der Waals surface area contributed by atoms with Crippen molar-refractivity contribution < 1.29 is 18.6 Å². The first-order valence-corrected chi connectivity index (χ1v) is 7.65. The lowest BCUT2D eigenvalue weighted by molar-refractivity contribution is 0.355. The van der Waals surface area contributed by atoms with E-state index in [0.717, 1.165) is 16.8 Å². The van der Waals surface area contributed by atoms with Gasteiger partial charge < -0.3 is 23.5 Å². The smallest absolute Gasteiger partial charge is 0.338 e. The van der Waals surface area contributed by atoms with Gasteiger partial charge >= 0.3 is 5.63 Å². The van der Waals surface area contributed by atoms with Gasteiger partial charge in [-0.1, -0.05) is 0 Å². The van der Waals surface area contributed by atoms with Crippen molar-refractivity contribution in [2.24, 2.45) is 0 Å². The summed E-state index contributed by atoms with van der Waals surface area (Å²) in [5.74, 6) is 1.88. The van der Waals surface area contributed by atoms with Gasteiger partial charge in [0.15, 0.2) is 11.5 Å². The van der Waals surface area contributed by atoms with E-state index in [1.807, 2.05) is 42.3 Å². The largest absolute Gasteiger partial charge is 0.497 e. The normalized spacial score (nSPS) is 10.6. The first kappa shape index (κ1) is 16.7. The Morgan fingerprint density at radius 1 is 0.880 bits per heavy atom. The van der Waals surface area contributed by atoms with Crippen LogP contribution in [0.4, 0.5) is 11.4 Å². The Morgan fingerprint density at radius 3 is 2.32 bits per heavy atom. The summed E-state index contributed by atoms with van der Waals surface area (Å²) in [6.45, 7) is 0. The van der Waals surface area contributed by atoms with Crippen molar-refractivity contribution >= 4 is 22.3 Å². The summed E-state index contributed by atoms with van der Waals surface area (Å²) in [5, 5.41) is 0.803. The number of ether oxygens (including phenoxy) is 3. The highest BCUT2D eigenvalue weighted by Crippen LogP contribution is 2.36. The zero-order valence-corrected chi connectivity index (χ0v) is 14.5. The van der Waals surface area contributed by atoms with Crippen LogP contribution in [0.15, 0.2) is 51.7 Å². The van der Waals surface area contributed by atoms with E-state index in [4.69, 9.17) is 18.6 Å². The minimum absolute atomic E-state index is 0.428. The van der Waals surface area contributed by atoms with Gasteiger partial charge in [-0.2, -0.15) is 0 Å². The predicted octanol–water partition coefficient (Wildman–Crippen LogP) is 3.59. The molecule has 0 aliphatic carbocycles. The number of rotatable bonds is 5. The third-order valence-corrected chi connectivity index (χ3v) is 4.05. The summed E-state index contributed by atoms with van der Waals surface area (Å²) < 4.78 is 21.1. The lowest BCUT2D eigenvalue weighted by Gasteiger charge is -2.22. The number of hydrogen-bond donors (Lipinski definition) is 0. The molecule has 0 saturated heterocycles. The highest BCUT2D eigenvalue weighted by Gasteiger charge is 2.14. The molecule has 6 heteroatoms. The fraction of sp³-hybridized carbons (Fsp3) is 0.211. The molecule has 0 atom stereocenters. The van der Waals surface area contributed by atoms with Crippen molar-refractivity contribution in [1.82, 2.24) is 0 Å². The zero-order chi connectivity index (χ0) is 18.0. The molecule has 0 aliphatic rings. The van der Waals surface area contributed by atoms with E-state index in [0.29, 0.717) is 22.8 Å². The molecule has 0 amide bonds. The van der Waals surface area contributed by atoms with Crippen LogP contribution in [0.5, 0.6) is 17.2 Å². The maximum atomic E-state index is 12.0. The molecule has 0 bridgehead atoms. The molecule has 0 aliphatic heterocycles. The minimum Gasteiger partial charge on any atom is -0.497 e. The van der Waals surface area contributed by atoms with Crippen molar-refractivity contribution in [2.45, 2.75) is 0 Å².